The molecule has 108 valence electrons. The molecule has 0 aliphatic carbocycles. The Morgan fingerprint density at radius 3 is 2.80 bits per heavy atom. The zero-order valence-corrected chi connectivity index (χ0v) is 11.4. The van der Waals surface area contributed by atoms with Crippen LogP contribution in [0.5, 0.6) is 5.75 Å². The maximum Gasteiger partial charge on any atom is 0.246 e. The van der Waals surface area contributed by atoms with Gasteiger partial charge < -0.3 is 5.11 Å². The Kier molecular flexibility index (Phi) is 4.04. The molecule has 6 heteroatoms. The molecular formula is C14H17FN2O3. The van der Waals surface area contributed by atoms with Crippen molar-refractivity contribution in [3.05, 3.63) is 29.6 Å². The summed E-state index contributed by atoms with van der Waals surface area (Å²) in [5.74, 6) is -1.14. The highest BCUT2D eigenvalue weighted by molar-refractivity contribution is 6.00. The molecule has 1 aliphatic rings. The minimum absolute atomic E-state index is 0.155. The molecule has 0 spiro atoms. The number of aromatic hydroxyl groups is 1. The molecule has 2 rings (SSSR count). The average Bonchev–Trinajstić information content (AvgIpc) is 2.39. The number of phenols is 1. The van der Waals surface area contributed by atoms with Crippen LogP contribution in [0.4, 0.5) is 4.39 Å². The summed E-state index contributed by atoms with van der Waals surface area (Å²) in [5, 5.41) is 12.8. The third-order valence-corrected chi connectivity index (χ3v) is 3.56. The van der Waals surface area contributed by atoms with E-state index in [1.54, 1.807) is 6.92 Å². The van der Waals surface area contributed by atoms with Gasteiger partial charge in [0.05, 0.1) is 6.04 Å². The van der Waals surface area contributed by atoms with Crippen LogP contribution in [0.15, 0.2) is 18.2 Å². The molecule has 1 aliphatic heterocycles. The third-order valence-electron chi connectivity index (χ3n) is 3.56. The van der Waals surface area contributed by atoms with Gasteiger partial charge in [-0.05, 0) is 19.4 Å². The number of benzene rings is 1. The van der Waals surface area contributed by atoms with Crippen molar-refractivity contribution in [1.29, 1.82) is 0 Å². The number of hydrogen-bond donors (Lipinski definition) is 2. The maximum absolute atomic E-state index is 12.9. The number of likely N-dealkylation sites (N-methyl/N-ethyl adjacent to an activating group) is 1. The fourth-order valence-electron chi connectivity index (χ4n) is 2.34. The highest BCUT2D eigenvalue weighted by Crippen LogP contribution is 2.26. The number of halogens is 1. The number of piperidine rings is 1. The number of amides is 2. The Hall–Kier alpha value is -1.95. The standard InChI is InChI=1S/C14H17FN2O3/c1-8(10-4-3-9(15)7-12(10)18)16-11-5-6-13(19)17(2)14(11)20/h3-4,7-8,11,16,18H,5-6H2,1-2H3. The van der Waals surface area contributed by atoms with E-state index in [9.17, 15) is 19.1 Å². The number of likely N-dealkylation sites (tertiary alicyclic amines) is 1. The lowest BCUT2D eigenvalue weighted by Crippen LogP contribution is -2.51. The van der Waals surface area contributed by atoms with Crippen LogP contribution >= 0.6 is 0 Å². The summed E-state index contributed by atoms with van der Waals surface area (Å²) in [6.45, 7) is 1.77. The van der Waals surface area contributed by atoms with Crippen molar-refractivity contribution in [3.63, 3.8) is 0 Å². The van der Waals surface area contributed by atoms with Gasteiger partial charge in [0, 0.05) is 31.1 Å². The van der Waals surface area contributed by atoms with Gasteiger partial charge in [0.15, 0.2) is 0 Å². The van der Waals surface area contributed by atoms with E-state index in [4.69, 9.17) is 0 Å². The van der Waals surface area contributed by atoms with E-state index in [0.29, 0.717) is 18.4 Å². The van der Waals surface area contributed by atoms with Crippen LogP contribution in [0.25, 0.3) is 0 Å². The van der Waals surface area contributed by atoms with Gasteiger partial charge in [0.25, 0.3) is 0 Å². The van der Waals surface area contributed by atoms with Crippen molar-refractivity contribution in [2.75, 3.05) is 7.05 Å². The number of hydrogen-bond acceptors (Lipinski definition) is 4. The Morgan fingerprint density at radius 1 is 1.45 bits per heavy atom. The first-order valence-corrected chi connectivity index (χ1v) is 6.45. The summed E-state index contributed by atoms with van der Waals surface area (Å²) in [6, 6.07) is 2.96. The first-order valence-electron chi connectivity index (χ1n) is 6.45. The summed E-state index contributed by atoms with van der Waals surface area (Å²) in [7, 11) is 1.46. The zero-order valence-electron chi connectivity index (χ0n) is 11.4. The second kappa shape index (κ2) is 5.58. The van der Waals surface area contributed by atoms with Gasteiger partial charge >= 0.3 is 0 Å². The number of nitrogens with zero attached hydrogens (tertiary/aromatic N) is 1. The minimum Gasteiger partial charge on any atom is -0.508 e. The quantitative estimate of drug-likeness (QED) is 0.820. The molecule has 5 nitrogen and oxygen atoms in total. The van der Waals surface area contributed by atoms with Gasteiger partial charge in [0.2, 0.25) is 11.8 Å². The lowest BCUT2D eigenvalue weighted by atomic mass is 10.0. The summed E-state index contributed by atoms with van der Waals surface area (Å²) in [6.07, 6.45) is 0.732. The first kappa shape index (κ1) is 14.5. The number of carbonyl (C=O) groups is 2. The van der Waals surface area contributed by atoms with E-state index >= 15 is 0 Å². The van der Waals surface area contributed by atoms with Crippen LogP contribution in [-0.4, -0.2) is 34.9 Å². The maximum atomic E-state index is 12.9. The molecule has 1 fully saturated rings. The lowest BCUT2D eigenvalue weighted by Gasteiger charge is -2.30. The molecule has 2 amide bonds. The predicted molar refractivity (Wildman–Crippen MR) is 70.4 cm³/mol. The van der Waals surface area contributed by atoms with Crippen molar-refractivity contribution in [1.82, 2.24) is 10.2 Å². The average molecular weight is 280 g/mol. The monoisotopic (exact) mass is 280 g/mol. The number of imide groups is 1. The molecule has 1 saturated heterocycles. The van der Waals surface area contributed by atoms with Crippen molar-refractivity contribution < 1.29 is 19.1 Å². The van der Waals surface area contributed by atoms with Crippen LogP contribution in [0.2, 0.25) is 0 Å². The zero-order chi connectivity index (χ0) is 14.9. The molecule has 20 heavy (non-hydrogen) atoms. The van der Waals surface area contributed by atoms with Crippen LogP contribution in [-0.2, 0) is 9.59 Å². The number of carbonyl (C=O) groups excluding carboxylic acids is 2. The topological polar surface area (TPSA) is 69.6 Å². The van der Waals surface area contributed by atoms with E-state index < -0.39 is 11.9 Å². The van der Waals surface area contributed by atoms with E-state index in [2.05, 4.69) is 5.32 Å². The van der Waals surface area contributed by atoms with Crippen molar-refractivity contribution >= 4 is 11.8 Å². The van der Waals surface area contributed by atoms with Crippen molar-refractivity contribution in [3.8, 4) is 5.75 Å². The largest absolute Gasteiger partial charge is 0.508 e. The second-order valence-corrected chi connectivity index (χ2v) is 4.97. The van der Waals surface area contributed by atoms with Crippen LogP contribution in [0.3, 0.4) is 0 Å². The number of rotatable bonds is 3. The normalized spacial score (nSPS) is 21.1. The lowest BCUT2D eigenvalue weighted by molar-refractivity contribution is -0.148. The molecule has 0 radical (unpaired) electrons. The fourth-order valence-corrected chi connectivity index (χ4v) is 2.34. The van der Waals surface area contributed by atoms with Gasteiger partial charge in [-0.1, -0.05) is 6.07 Å². The minimum atomic E-state index is -0.516. The Labute approximate surface area is 116 Å². The third kappa shape index (κ3) is 2.80. The Balaban J connectivity index is 2.09. The van der Waals surface area contributed by atoms with Crippen LogP contribution < -0.4 is 5.32 Å². The van der Waals surface area contributed by atoms with Gasteiger partial charge in [-0.2, -0.15) is 0 Å². The number of nitrogens with one attached hydrogen (secondary N) is 1. The van der Waals surface area contributed by atoms with Crippen LogP contribution in [0.1, 0.15) is 31.4 Å². The summed E-state index contributed by atoms with van der Waals surface area (Å²) >= 11 is 0. The Morgan fingerprint density at radius 2 is 2.15 bits per heavy atom. The SMILES string of the molecule is CC(NC1CCC(=O)N(C)C1=O)c1ccc(F)cc1O. The van der Waals surface area contributed by atoms with Crippen LogP contribution in [0, 0.1) is 5.82 Å². The molecule has 2 N–H and O–H groups in total. The van der Waals surface area contributed by atoms with Crippen molar-refractivity contribution in [2.45, 2.75) is 31.8 Å². The van der Waals surface area contributed by atoms with Crippen molar-refractivity contribution in [2.24, 2.45) is 0 Å². The van der Waals surface area contributed by atoms with Gasteiger partial charge in [-0.3, -0.25) is 19.8 Å². The smallest absolute Gasteiger partial charge is 0.246 e. The Bertz CT molecular complexity index is 547. The second-order valence-electron chi connectivity index (χ2n) is 4.97. The summed E-state index contributed by atoms with van der Waals surface area (Å²) < 4.78 is 12.9. The highest BCUT2D eigenvalue weighted by Gasteiger charge is 2.32. The molecule has 1 heterocycles. The molecule has 0 saturated carbocycles. The van der Waals surface area contributed by atoms with E-state index in [1.165, 1.54) is 19.2 Å². The molecule has 1 aromatic rings. The summed E-state index contributed by atoms with van der Waals surface area (Å²) in [5.41, 5.74) is 0.513. The molecule has 0 aromatic heterocycles. The molecule has 0 bridgehead atoms. The van der Waals surface area contributed by atoms with Gasteiger partial charge in [-0.15, -0.1) is 0 Å². The van der Waals surface area contributed by atoms with Gasteiger partial charge in [0.1, 0.15) is 11.6 Å². The van der Waals surface area contributed by atoms with E-state index in [1.807, 2.05) is 0 Å². The predicted octanol–water partition coefficient (Wildman–Crippen LogP) is 1.33. The summed E-state index contributed by atoms with van der Waals surface area (Å²) in [4.78, 5) is 24.5. The first-order chi connectivity index (χ1) is 9.40. The molecule has 2 atom stereocenters. The molecular weight excluding hydrogens is 263 g/mol. The fraction of sp³-hybridized carbons (Fsp3) is 0.429. The van der Waals surface area contributed by atoms with Gasteiger partial charge in [-0.25, -0.2) is 4.39 Å². The number of phenolic OH excluding ortho intramolecular Hbond substituents is 1. The molecule has 2 unspecified atom stereocenters. The molecule has 1 aromatic carbocycles. The highest BCUT2D eigenvalue weighted by atomic mass is 19.1. The van der Waals surface area contributed by atoms with E-state index in [-0.39, 0.29) is 23.6 Å². The van der Waals surface area contributed by atoms with E-state index in [0.717, 1.165) is 11.0 Å².